The van der Waals surface area contributed by atoms with Crippen LogP contribution >= 0.6 is 0 Å². The molecule has 0 aliphatic rings. The van der Waals surface area contributed by atoms with Crippen molar-refractivity contribution in [1.29, 1.82) is 0 Å². The maximum atomic E-state index is 13.9. The molecule has 3 aromatic rings. The van der Waals surface area contributed by atoms with Crippen molar-refractivity contribution in [3.8, 4) is 0 Å². The summed E-state index contributed by atoms with van der Waals surface area (Å²) in [4.78, 5) is 28.9. The molecule has 0 saturated carbocycles. The Morgan fingerprint density at radius 2 is 1.51 bits per heavy atom. The van der Waals surface area contributed by atoms with Gasteiger partial charge in [-0.05, 0) is 43.0 Å². The molecule has 220 valence electrons. The van der Waals surface area contributed by atoms with Gasteiger partial charge in [0.1, 0.15) is 6.04 Å². The van der Waals surface area contributed by atoms with E-state index in [1.807, 2.05) is 74.5 Å². The van der Waals surface area contributed by atoms with Crippen molar-refractivity contribution < 1.29 is 26.8 Å². The number of hydrogen-bond acceptors (Lipinski definition) is 4. The highest BCUT2D eigenvalue weighted by molar-refractivity contribution is 7.92. The van der Waals surface area contributed by atoms with E-state index in [1.54, 1.807) is 4.90 Å². The smallest absolute Gasteiger partial charge is 0.243 e. The fourth-order valence-corrected chi connectivity index (χ4v) is 5.38. The number of carbonyl (C=O) groups is 2. The van der Waals surface area contributed by atoms with Crippen LogP contribution in [0.2, 0.25) is 0 Å². The molecule has 2 amide bonds. The fraction of sp³-hybridized carbons (Fsp3) is 0.355. The van der Waals surface area contributed by atoms with Gasteiger partial charge in [0.05, 0.1) is 11.9 Å². The van der Waals surface area contributed by atoms with E-state index in [1.165, 1.54) is 6.07 Å². The number of benzene rings is 3. The molecule has 2 atom stereocenters. The van der Waals surface area contributed by atoms with Crippen LogP contribution in [0.25, 0.3) is 0 Å². The summed E-state index contributed by atoms with van der Waals surface area (Å²) in [5, 5.41) is 3.01. The van der Waals surface area contributed by atoms with Crippen molar-refractivity contribution in [2.45, 2.75) is 58.2 Å². The normalized spacial score (nSPS) is 12.8. The molecule has 0 aliphatic carbocycles. The molecule has 7 nitrogen and oxygen atoms in total. The molecule has 0 aromatic heterocycles. The van der Waals surface area contributed by atoms with E-state index in [-0.39, 0.29) is 49.5 Å². The zero-order chi connectivity index (χ0) is 30.0. The van der Waals surface area contributed by atoms with Gasteiger partial charge in [-0.15, -0.1) is 0 Å². The number of amides is 2. The minimum absolute atomic E-state index is 0.0325. The van der Waals surface area contributed by atoms with Gasteiger partial charge in [-0.2, -0.15) is 0 Å². The van der Waals surface area contributed by atoms with Crippen molar-refractivity contribution in [3.63, 3.8) is 0 Å². The van der Waals surface area contributed by atoms with Crippen LogP contribution in [0, 0.1) is 11.6 Å². The van der Waals surface area contributed by atoms with Crippen LogP contribution in [0.4, 0.5) is 14.5 Å². The number of nitrogens with zero attached hydrogens (tertiary/aromatic N) is 2. The molecule has 10 heteroatoms. The summed E-state index contributed by atoms with van der Waals surface area (Å²) in [5.74, 6) is -2.86. The third-order valence-electron chi connectivity index (χ3n) is 6.81. The monoisotopic (exact) mass is 585 g/mol. The Balaban J connectivity index is 1.87. The van der Waals surface area contributed by atoms with Crippen LogP contribution in [-0.2, 0) is 32.6 Å². The van der Waals surface area contributed by atoms with Crippen LogP contribution in [-0.4, -0.2) is 50.0 Å². The number of anilines is 1. The molecule has 1 N–H and O–H groups in total. The molecule has 0 radical (unpaired) electrons. The van der Waals surface area contributed by atoms with Gasteiger partial charge in [0, 0.05) is 38.0 Å². The molecular formula is C31H37F2N3O4S. The van der Waals surface area contributed by atoms with Crippen LogP contribution in [0.15, 0.2) is 78.9 Å². The van der Waals surface area contributed by atoms with Gasteiger partial charge in [0.15, 0.2) is 11.6 Å². The lowest BCUT2D eigenvalue weighted by Gasteiger charge is -2.32. The number of carbonyl (C=O) groups excluding carboxylic acids is 2. The minimum Gasteiger partial charge on any atom is -0.352 e. The molecule has 3 aromatic carbocycles. The van der Waals surface area contributed by atoms with Crippen molar-refractivity contribution in [2.75, 3.05) is 17.1 Å². The molecule has 0 aliphatic heterocycles. The van der Waals surface area contributed by atoms with Gasteiger partial charge in [0.25, 0.3) is 0 Å². The average Bonchev–Trinajstić information content (AvgIpc) is 2.94. The quantitative estimate of drug-likeness (QED) is 0.286. The first-order valence-electron chi connectivity index (χ1n) is 13.6. The summed E-state index contributed by atoms with van der Waals surface area (Å²) in [5.41, 5.74) is 1.70. The van der Waals surface area contributed by atoms with E-state index in [9.17, 15) is 26.8 Å². The van der Waals surface area contributed by atoms with Gasteiger partial charge in [-0.25, -0.2) is 17.2 Å². The van der Waals surface area contributed by atoms with Gasteiger partial charge >= 0.3 is 0 Å². The number of halogens is 2. The summed E-state index contributed by atoms with van der Waals surface area (Å²) in [6, 6.07) is 20.7. The Kier molecular flexibility index (Phi) is 11.4. The second kappa shape index (κ2) is 14.7. The number of sulfonamides is 1. The Labute approximate surface area is 241 Å². The predicted molar refractivity (Wildman–Crippen MR) is 157 cm³/mol. The zero-order valence-corrected chi connectivity index (χ0v) is 24.4. The van der Waals surface area contributed by atoms with Crippen molar-refractivity contribution in [2.24, 2.45) is 0 Å². The Bertz CT molecular complexity index is 1410. The standard InChI is InChI=1S/C31H37F2N3O4S/c1-4-23(2)34-31(38)29(20-24-12-7-5-8-13-24)35(22-25-14-9-6-10-15-25)30(37)16-11-19-36(41(3,39)40)26-17-18-27(32)28(33)21-26/h5-10,12-15,17-18,21,23,29H,4,11,16,19-20,22H2,1-3H3,(H,34,38)/t23-,29+/m0/s1. The third kappa shape index (κ3) is 9.38. The summed E-state index contributed by atoms with van der Waals surface area (Å²) in [6.07, 6.45) is 2.02. The highest BCUT2D eigenvalue weighted by Gasteiger charge is 2.31. The fourth-order valence-electron chi connectivity index (χ4n) is 4.42. The summed E-state index contributed by atoms with van der Waals surface area (Å²) < 4.78 is 53.2. The minimum atomic E-state index is -3.85. The number of hydrogen-bond donors (Lipinski definition) is 1. The van der Waals surface area contributed by atoms with Crippen molar-refractivity contribution in [3.05, 3.63) is 102 Å². The second-order valence-corrected chi connectivity index (χ2v) is 12.0. The molecular weight excluding hydrogens is 548 g/mol. The summed E-state index contributed by atoms with van der Waals surface area (Å²) >= 11 is 0. The van der Waals surface area contributed by atoms with E-state index in [0.29, 0.717) is 6.42 Å². The van der Waals surface area contributed by atoms with E-state index >= 15 is 0 Å². The van der Waals surface area contributed by atoms with E-state index in [4.69, 9.17) is 0 Å². The Hall–Kier alpha value is -3.79. The maximum Gasteiger partial charge on any atom is 0.243 e. The molecule has 0 bridgehead atoms. The molecule has 3 rings (SSSR count). The Morgan fingerprint density at radius 3 is 2.07 bits per heavy atom. The van der Waals surface area contributed by atoms with Gasteiger partial charge < -0.3 is 10.2 Å². The molecule has 0 heterocycles. The number of rotatable bonds is 14. The highest BCUT2D eigenvalue weighted by Crippen LogP contribution is 2.22. The molecule has 0 saturated heterocycles. The second-order valence-electron chi connectivity index (χ2n) is 10.1. The van der Waals surface area contributed by atoms with Crippen LogP contribution < -0.4 is 9.62 Å². The largest absolute Gasteiger partial charge is 0.352 e. The van der Waals surface area contributed by atoms with Crippen LogP contribution in [0.5, 0.6) is 0 Å². The van der Waals surface area contributed by atoms with Crippen LogP contribution in [0.3, 0.4) is 0 Å². The lowest BCUT2D eigenvalue weighted by molar-refractivity contribution is -0.141. The maximum absolute atomic E-state index is 13.9. The van der Waals surface area contributed by atoms with Gasteiger partial charge in [-0.1, -0.05) is 67.6 Å². The highest BCUT2D eigenvalue weighted by atomic mass is 32.2. The lowest BCUT2D eigenvalue weighted by atomic mass is 10.0. The van der Waals surface area contributed by atoms with Gasteiger partial charge in [-0.3, -0.25) is 13.9 Å². The molecule has 0 unspecified atom stereocenters. The first-order chi connectivity index (χ1) is 19.5. The van der Waals surface area contributed by atoms with Crippen LogP contribution in [0.1, 0.15) is 44.2 Å². The molecule has 0 fully saturated rings. The zero-order valence-electron chi connectivity index (χ0n) is 23.6. The summed E-state index contributed by atoms with van der Waals surface area (Å²) in [7, 11) is -3.85. The molecule has 41 heavy (non-hydrogen) atoms. The predicted octanol–water partition coefficient (Wildman–Crippen LogP) is 5.07. The number of nitrogens with one attached hydrogen (secondary N) is 1. The van der Waals surface area contributed by atoms with E-state index < -0.39 is 27.7 Å². The first-order valence-corrected chi connectivity index (χ1v) is 15.4. The van der Waals surface area contributed by atoms with Crippen molar-refractivity contribution >= 4 is 27.5 Å². The SMILES string of the molecule is CC[C@H](C)NC(=O)[C@@H](Cc1ccccc1)N(Cc1ccccc1)C(=O)CCCN(c1ccc(F)c(F)c1)S(C)(=O)=O. The van der Waals surface area contributed by atoms with Gasteiger partial charge in [0.2, 0.25) is 21.8 Å². The first kappa shape index (κ1) is 31.7. The molecule has 0 spiro atoms. The Morgan fingerprint density at radius 1 is 0.902 bits per heavy atom. The lowest BCUT2D eigenvalue weighted by Crippen LogP contribution is -2.52. The average molecular weight is 586 g/mol. The van der Waals surface area contributed by atoms with E-state index in [2.05, 4.69) is 5.32 Å². The van der Waals surface area contributed by atoms with E-state index in [0.717, 1.165) is 40.2 Å². The topological polar surface area (TPSA) is 86.8 Å². The summed E-state index contributed by atoms with van der Waals surface area (Å²) in [6.45, 7) is 3.92. The third-order valence-corrected chi connectivity index (χ3v) is 8.01. The van der Waals surface area contributed by atoms with Crippen molar-refractivity contribution in [1.82, 2.24) is 10.2 Å².